The van der Waals surface area contributed by atoms with E-state index >= 15 is 0 Å². The van der Waals surface area contributed by atoms with Crippen LogP contribution in [0.4, 0.5) is 11.5 Å². The minimum Gasteiger partial charge on any atom is -0.307 e. The van der Waals surface area contributed by atoms with Gasteiger partial charge >= 0.3 is 0 Å². The molecule has 0 radical (unpaired) electrons. The number of hydrogen-bond donors (Lipinski definition) is 1. The van der Waals surface area contributed by atoms with Crippen molar-refractivity contribution >= 4 is 27.2 Å². The molecule has 0 aliphatic carbocycles. The number of nitro benzene ring substituents is 1. The van der Waals surface area contributed by atoms with Crippen molar-refractivity contribution in [1.82, 2.24) is 9.78 Å². The average molecular weight is 406 g/mol. The monoisotopic (exact) mass is 406 g/mol. The zero-order valence-electron chi connectivity index (χ0n) is 15.9. The van der Waals surface area contributed by atoms with Gasteiger partial charge in [0.2, 0.25) is 0 Å². The Balaban J connectivity index is 1.90. The molecule has 2 heterocycles. The number of non-ortho nitro benzene ring substituents is 1. The Hall–Kier alpha value is -2.75. The largest absolute Gasteiger partial charge is 0.307 e. The third-order valence-electron chi connectivity index (χ3n) is 4.64. The van der Waals surface area contributed by atoms with Crippen LogP contribution in [-0.4, -0.2) is 40.5 Å². The van der Waals surface area contributed by atoms with Crippen LogP contribution in [0.2, 0.25) is 0 Å². The summed E-state index contributed by atoms with van der Waals surface area (Å²) in [6.45, 7) is 5.94. The highest BCUT2D eigenvalue weighted by Gasteiger charge is 2.33. The van der Waals surface area contributed by atoms with Gasteiger partial charge in [-0.25, -0.2) is 13.1 Å². The van der Waals surface area contributed by atoms with Gasteiger partial charge in [0, 0.05) is 29.2 Å². The summed E-state index contributed by atoms with van der Waals surface area (Å²) in [4.78, 5) is 22.8. The van der Waals surface area contributed by atoms with Crippen molar-refractivity contribution in [2.24, 2.45) is 0 Å². The molecule has 150 valence electrons. The topological polar surface area (TPSA) is 124 Å². The van der Waals surface area contributed by atoms with Gasteiger partial charge in [-0.3, -0.25) is 14.9 Å². The second-order valence-electron chi connectivity index (χ2n) is 7.92. The van der Waals surface area contributed by atoms with Crippen LogP contribution in [0.1, 0.15) is 49.3 Å². The number of carbonyl (C=O) groups is 1. The minimum atomic E-state index is -3.12. The van der Waals surface area contributed by atoms with Crippen LogP contribution in [0, 0.1) is 10.1 Å². The second-order valence-corrected chi connectivity index (χ2v) is 10.2. The molecule has 1 aromatic carbocycles. The molecular weight excluding hydrogens is 384 g/mol. The molecule has 1 fully saturated rings. The molecule has 1 amide bonds. The number of aromatic nitrogens is 2. The Labute approximate surface area is 162 Å². The van der Waals surface area contributed by atoms with Gasteiger partial charge in [0.1, 0.15) is 5.82 Å². The summed E-state index contributed by atoms with van der Waals surface area (Å²) in [6.07, 6.45) is 0.438. The molecule has 28 heavy (non-hydrogen) atoms. The Morgan fingerprint density at radius 3 is 2.43 bits per heavy atom. The van der Waals surface area contributed by atoms with E-state index in [2.05, 4.69) is 10.4 Å². The molecule has 1 aliphatic heterocycles. The van der Waals surface area contributed by atoms with Crippen LogP contribution in [-0.2, 0) is 15.3 Å². The van der Waals surface area contributed by atoms with Gasteiger partial charge in [-0.2, -0.15) is 5.10 Å². The fourth-order valence-electron chi connectivity index (χ4n) is 3.02. The molecule has 1 atom stereocenters. The minimum absolute atomic E-state index is 0.0152. The molecule has 1 unspecified atom stereocenters. The van der Waals surface area contributed by atoms with Crippen molar-refractivity contribution in [3.63, 3.8) is 0 Å². The van der Waals surface area contributed by atoms with Gasteiger partial charge < -0.3 is 5.32 Å². The van der Waals surface area contributed by atoms with E-state index in [-0.39, 0.29) is 34.2 Å². The van der Waals surface area contributed by atoms with E-state index in [1.807, 2.05) is 20.8 Å². The highest BCUT2D eigenvalue weighted by atomic mass is 32.2. The summed E-state index contributed by atoms with van der Waals surface area (Å²) in [7, 11) is -3.12. The summed E-state index contributed by atoms with van der Waals surface area (Å²) in [5.41, 5.74) is 0.605. The molecule has 1 aliphatic rings. The summed E-state index contributed by atoms with van der Waals surface area (Å²) < 4.78 is 25.3. The molecule has 3 rings (SSSR count). The van der Waals surface area contributed by atoms with E-state index in [1.165, 1.54) is 24.3 Å². The van der Waals surface area contributed by atoms with Gasteiger partial charge in [-0.05, 0) is 18.6 Å². The number of benzene rings is 1. The maximum atomic E-state index is 12.6. The lowest BCUT2D eigenvalue weighted by Crippen LogP contribution is -2.20. The number of carbonyl (C=O) groups excluding carboxylic acids is 1. The molecule has 9 nitrogen and oxygen atoms in total. The first kappa shape index (κ1) is 20.0. The molecule has 2 aromatic rings. The zero-order valence-corrected chi connectivity index (χ0v) is 16.7. The lowest BCUT2D eigenvalue weighted by atomic mass is 9.92. The van der Waals surface area contributed by atoms with Crippen LogP contribution in [0.15, 0.2) is 30.3 Å². The number of nitro groups is 1. The maximum absolute atomic E-state index is 12.6. The van der Waals surface area contributed by atoms with Crippen LogP contribution >= 0.6 is 0 Å². The van der Waals surface area contributed by atoms with Crippen LogP contribution < -0.4 is 5.32 Å². The van der Waals surface area contributed by atoms with Crippen molar-refractivity contribution in [2.45, 2.75) is 38.6 Å². The summed E-state index contributed by atoms with van der Waals surface area (Å²) in [5.74, 6) is 0.0456. The molecule has 0 bridgehead atoms. The van der Waals surface area contributed by atoms with Crippen LogP contribution in [0.3, 0.4) is 0 Å². The van der Waals surface area contributed by atoms with Gasteiger partial charge in [0.15, 0.2) is 9.84 Å². The quantitative estimate of drug-likeness (QED) is 0.615. The number of anilines is 1. The summed E-state index contributed by atoms with van der Waals surface area (Å²) in [6, 6.07) is 6.67. The second kappa shape index (κ2) is 7.01. The third kappa shape index (κ3) is 4.22. The predicted octanol–water partition coefficient (Wildman–Crippen LogP) is 2.70. The number of nitrogens with one attached hydrogen (secondary N) is 1. The highest BCUT2D eigenvalue weighted by molar-refractivity contribution is 7.91. The SMILES string of the molecule is CC(C)(C)c1cc(NC(=O)c2ccc([N+](=O)[O-])cc2)n(C2CCS(=O)(=O)C2)n1. The number of amides is 1. The first-order chi connectivity index (χ1) is 13.0. The Kier molecular flexibility index (Phi) is 5.00. The Bertz CT molecular complexity index is 1020. The fourth-order valence-corrected chi connectivity index (χ4v) is 4.72. The smallest absolute Gasteiger partial charge is 0.269 e. The van der Waals surface area contributed by atoms with Gasteiger partial charge in [-0.15, -0.1) is 0 Å². The standard InChI is InChI=1S/C18H22N4O5S/c1-18(2,3)15-10-16(21(20-15)14-8-9-28(26,27)11-14)19-17(23)12-4-6-13(7-5-12)22(24)25/h4-7,10,14H,8-9,11H2,1-3H3,(H,19,23). The van der Waals surface area contributed by atoms with E-state index in [1.54, 1.807) is 10.7 Å². The lowest BCUT2D eigenvalue weighted by molar-refractivity contribution is -0.384. The summed E-state index contributed by atoms with van der Waals surface area (Å²) >= 11 is 0. The Morgan fingerprint density at radius 1 is 1.29 bits per heavy atom. The van der Waals surface area contributed by atoms with Crippen molar-refractivity contribution in [1.29, 1.82) is 0 Å². The van der Waals surface area contributed by atoms with Crippen molar-refractivity contribution < 1.29 is 18.1 Å². The maximum Gasteiger partial charge on any atom is 0.269 e. The van der Waals surface area contributed by atoms with Gasteiger partial charge in [0.25, 0.3) is 11.6 Å². The normalized spacial score (nSPS) is 18.8. The first-order valence-electron chi connectivity index (χ1n) is 8.82. The molecule has 0 spiro atoms. The summed E-state index contributed by atoms with van der Waals surface area (Å²) in [5, 5.41) is 18.1. The number of hydrogen-bond acceptors (Lipinski definition) is 6. The molecular formula is C18H22N4O5S. The number of rotatable bonds is 4. The van der Waals surface area contributed by atoms with Crippen molar-refractivity contribution in [2.75, 3.05) is 16.8 Å². The van der Waals surface area contributed by atoms with Gasteiger partial charge in [-0.1, -0.05) is 20.8 Å². The number of sulfone groups is 1. The first-order valence-corrected chi connectivity index (χ1v) is 10.6. The number of nitrogens with zero attached hydrogens (tertiary/aromatic N) is 3. The predicted molar refractivity (Wildman–Crippen MR) is 104 cm³/mol. The van der Waals surface area contributed by atoms with Crippen LogP contribution in [0.25, 0.3) is 0 Å². The fraction of sp³-hybridized carbons (Fsp3) is 0.444. The van der Waals surface area contributed by atoms with Crippen LogP contribution in [0.5, 0.6) is 0 Å². The average Bonchev–Trinajstić information content (AvgIpc) is 3.17. The zero-order chi connectivity index (χ0) is 20.7. The van der Waals surface area contributed by atoms with Gasteiger partial charge in [0.05, 0.1) is 28.2 Å². The van der Waals surface area contributed by atoms with E-state index in [0.29, 0.717) is 12.2 Å². The third-order valence-corrected chi connectivity index (χ3v) is 6.39. The van der Waals surface area contributed by atoms with Crippen molar-refractivity contribution in [3.8, 4) is 0 Å². The molecule has 1 aromatic heterocycles. The molecule has 1 saturated heterocycles. The Morgan fingerprint density at radius 2 is 1.93 bits per heavy atom. The van der Waals surface area contributed by atoms with E-state index in [4.69, 9.17) is 0 Å². The molecule has 10 heteroatoms. The molecule has 0 saturated carbocycles. The van der Waals surface area contributed by atoms with E-state index in [9.17, 15) is 23.3 Å². The van der Waals surface area contributed by atoms with Crippen molar-refractivity contribution in [3.05, 3.63) is 51.7 Å². The van der Waals surface area contributed by atoms with E-state index < -0.39 is 20.7 Å². The molecule has 1 N–H and O–H groups in total. The van der Waals surface area contributed by atoms with E-state index in [0.717, 1.165) is 5.69 Å². The highest BCUT2D eigenvalue weighted by Crippen LogP contribution is 2.31. The lowest BCUT2D eigenvalue weighted by Gasteiger charge is -2.15.